The lowest BCUT2D eigenvalue weighted by Crippen LogP contribution is -2.48. The first-order chi connectivity index (χ1) is 14.2. The summed E-state index contributed by atoms with van der Waals surface area (Å²) >= 11 is 3.44. The average Bonchev–Trinajstić information content (AvgIpc) is 3.09. The van der Waals surface area contributed by atoms with E-state index >= 15 is 0 Å². The molecule has 1 fully saturated rings. The van der Waals surface area contributed by atoms with Crippen LogP contribution in [0.15, 0.2) is 52.1 Å². The zero-order chi connectivity index (χ0) is 21.5. The Bertz CT molecular complexity index is 1220. The smallest absolute Gasteiger partial charge is 0.270 e. The molecule has 0 N–H and O–H groups in total. The number of fused-ring (bicyclic) bond motifs is 1. The van der Waals surface area contributed by atoms with Crippen molar-refractivity contribution in [1.29, 1.82) is 0 Å². The molecule has 158 valence electrons. The van der Waals surface area contributed by atoms with Crippen LogP contribution in [-0.2, 0) is 16.6 Å². The van der Waals surface area contributed by atoms with E-state index in [1.54, 1.807) is 6.92 Å². The molecule has 9 nitrogen and oxygen atoms in total. The van der Waals surface area contributed by atoms with E-state index in [0.717, 1.165) is 21.9 Å². The van der Waals surface area contributed by atoms with E-state index in [2.05, 4.69) is 25.8 Å². The maximum absolute atomic E-state index is 13.1. The summed E-state index contributed by atoms with van der Waals surface area (Å²) < 4.78 is 30.4. The van der Waals surface area contributed by atoms with Crippen LogP contribution in [0.5, 0.6) is 0 Å². The predicted molar refractivity (Wildman–Crippen MR) is 115 cm³/mol. The Morgan fingerprint density at radius 2 is 1.87 bits per heavy atom. The van der Waals surface area contributed by atoms with Crippen LogP contribution in [0.2, 0.25) is 0 Å². The lowest BCUT2D eigenvalue weighted by atomic mass is 10.2. The first kappa shape index (κ1) is 20.9. The quantitative estimate of drug-likeness (QED) is 0.400. The van der Waals surface area contributed by atoms with E-state index in [4.69, 9.17) is 0 Å². The number of hydrogen-bond donors (Lipinski definition) is 0. The molecule has 0 spiro atoms. The standard InChI is InChI=1S/C19H20BrN5O4S/c1-14-2-4-17(25(26)27)10-18(14)30(28,29)24-8-6-22(7-9-24)12-16-13-23-11-15(20)3-5-19(23)21-16/h2-5,10-11,13H,6-9,12H2,1H3. The second-order valence-corrected chi connectivity index (χ2v) is 10.1. The molecular weight excluding hydrogens is 474 g/mol. The molecule has 3 aromatic rings. The fourth-order valence-electron chi connectivity index (χ4n) is 3.57. The second kappa shape index (κ2) is 8.06. The fourth-order valence-corrected chi connectivity index (χ4v) is 5.59. The van der Waals surface area contributed by atoms with E-state index in [1.807, 2.05) is 28.9 Å². The van der Waals surface area contributed by atoms with Crippen molar-refractivity contribution >= 4 is 37.3 Å². The first-order valence-electron chi connectivity index (χ1n) is 9.35. The van der Waals surface area contributed by atoms with Crippen molar-refractivity contribution in [2.24, 2.45) is 0 Å². The molecule has 0 saturated carbocycles. The number of benzene rings is 1. The number of non-ortho nitro benzene ring substituents is 1. The van der Waals surface area contributed by atoms with Crippen molar-refractivity contribution in [3.8, 4) is 0 Å². The summed E-state index contributed by atoms with van der Waals surface area (Å²) in [6.45, 7) is 4.04. The molecule has 0 bridgehead atoms. The van der Waals surface area contributed by atoms with E-state index < -0.39 is 14.9 Å². The van der Waals surface area contributed by atoms with Gasteiger partial charge in [0.25, 0.3) is 5.69 Å². The zero-order valence-electron chi connectivity index (χ0n) is 16.2. The molecule has 0 amide bonds. The van der Waals surface area contributed by atoms with Gasteiger partial charge in [0, 0.05) is 61.7 Å². The van der Waals surface area contributed by atoms with Gasteiger partial charge >= 0.3 is 0 Å². The zero-order valence-corrected chi connectivity index (χ0v) is 18.6. The Balaban J connectivity index is 1.46. The van der Waals surface area contributed by atoms with Crippen molar-refractivity contribution in [2.75, 3.05) is 26.2 Å². The third-order valence-corrected chi connectivity index (χ3v) is 7.69. The summed E-state index contributed by atoms with van der Waals surface area (Å²) in [4.78, 5) is 17.2. The molecule has 30 heavy (non-hydrogen) atoms. The van der Waals surface area contributed by atoms with Crippen molar-refractivity contribution in [3.05, 3.63) is 68.6 Å². The first-order valence-corrected chi connectivity index (χ1v) is 11.6. The van der Waals surface area contributed by atoms with Gasteiger partial charge in [-0.2, -0.15) is 4.31 Å². The van der Waals surface area contributed by atoms with E-state index in [0.29, 0.717) is 38.3 Å². The Labute approximate surface area is 182 Å². The molecule has 3 heterocycles. The van der Waals surface area contributed by atoms with E-state index in [1.165, 1.54) is 16.4 Å². The van der Waals surface area contributed by atoms with Gasteiger partial charge in [0.1, 0.15) is 5.65 Å². The van der Waals surface area contributed by atoms with Crippen LogP contribution in [0.1, 0.15) is 11.3 Å². The number of halogens is 1. The van der Waals surface area contributed by atoms with Crippen LogP contribution in [-0.4, -0.2) is 58.1 Å². The average molecular weight is 494 g/mol. The van der Waals surface area contributed by atoms with Crippen molar-refractivity contribution in [2.45, 2.75) is 18.4 Å². The number of imidazole rings is 1. The number of aromatic nitrogens is 2. The molecule has 0 atom stereocenters. The number of piperazine rings is 1. The lowest BCUT2D eigenvalue weighted by Gasteiger charge is -2.33. The number of sulfonamides is 1. The van der Waals surface area contributed by atoms with Crippen molar-refractivity contribution < 1.29 is 13.3 Å². The molecule has 1 aliphatic rings. The Morgan fingerprint density at radius 3 is 2.57 bits per heavy atom. The van der Waals surface area contributed by atoms with Gasteiger partial charge in [-0.15, -0.1) is 0 Å². The minimum atomic E-state index is -3.79. The summed E-state index contributed by atoms with van der Waals surface area (Å²) in [7, 11) is -3.79. The van der Waals surface area contributed by atoms with E-state index in [-0.39, 0.29) is 10.6 Å². The number of hydrogen-bond acceptors (Lipinski definition) is 6. The predicted octanol–water partition coefficient (Wildman–Crippen LogP) is 2.82. The summed E-state index contributed by atoms with van der Waals surface area (Å²) in [5.74, 6) is 0. The maximum atomic E-state index is 13.1. The van der Waals surface area contributed by atoms with Gasteiger partial charge in [-0.1, -0.05) is 6.07 Å². The number of rotatable bonds is 5. The highest BCUT2D eigenvalue weighted by Crippen LogP contribution is 2.26. The van der Waals surface area contributed by atoms with Crippen molar-refractivity contribution in [3.63, 3.8) is 0 Å². The molecule has 1 aromatic carbocycles. The number of aryl methyl sites for hydroxylation is 1. The van der Waals surface area contributed by atoms with Crippen LogP contribution in [0.25, 0.3) is 5.65 Å². The molecule has 1 saturated heterocycles. The third kappa shape index (κ3) is 4.10. The molecule has 11 heteroatoms. The Hall–Kier alpha value is -2.34. The minimum absolute atomic E-state index is 0.00363. The fraction of sp³-hybridized carbons (Fsp3) is 0.316. The molecule has 0 unspecified atom stereocenters. The largest absolute Gasteiger partial charge is 0.306 e. The van der Waals surface area contributed by atoms with Gasteiger partial charge in [-0.3, -0.25) is 15.0 Å². The van der Waals surface area contributed by atoms with Crippen molar-refractivity contribution in [1.82, 2.24) is 18.6 Å². The normalized spacial score (nSPS) is 16.2. The lowest BCUT2D eigenvalue weighted by molar-refractivity contribution is -0.385. The van der Waals surface area contributed by atoms with Crippen LogP contribution in [0.3, 0.4) is 0 Å². The Kier molecular flexibility index (Phi) is 5.62. The summed E-state index contributed by atoms with van der Waals surface area (Å²) in [6.07, 6.45) is 3.91. The number of nitro benzene ring substituents is 1. The number of pyridine rings is 1. The highest BCUT2D eigenvalue weighted by Gasteiger charge is 2.31. The van der Waals surface area contributed by atoms with Crippen LogP contribution >= 0.6 is 15.9 Å². The highest BCUT2D eigenvalue weighted by molar-refractivity contribution is 9.10. The van der Waals surface area contributed by atoms with Gasteiger partial charge in [-0.25, -0.2) is 13.4 Å². The number of nitrogens with zero attached hydrogens (tertiary/aromatic N) is 5. The van der Waals surface area contributed by atoms with Gasteiger partial charge in [0.05, 0.1) is 15.5 Å². The van der Waals surface area contributed by atoms with Gasteiger partial charge in [0.15, 0.2) is 0 Å². The van der Waals surface area contributed by atoms with Gasteiger partial charge < -0.3 is 4.40 Å². The molecule has 4 rings (SSSR count). The summed E-state index contributed by atoms with van der Waals surface area (Å²) in [5, 5.41) is 11.0. The molecule has 2 aromatic heterocycles. The Morgan fingerprint density at radius 1 is 1.13 bits per heavy atom. The highest BCUT2D eigenvalue weighted by atomic mass is 79.9. The van der Waals surface area contributed by atoms with Crippen LogP contribution in [0, 0.1) is 17.0 Å². The second-order valence-electron chi connectivity index (χ2n) is 7.23. The number of nitro groups is 1. The molecular formula is C19H20BrN5O4S. The third-order valence-electron chi connectivity index (χ3n) is 5.18. The maximum Gasteiger partial charge on any atom is 0.270 e. The minimum Gasteiger partial charge on any atom is -0.306 e. The SMILES string of the molecule is Cc1ccc([N+](=O)[O-])cc1S(=O)(=O)N1CCN(Cc2cn3cc(Br)ccc3n2)CC1. The summed E-state index contributed by atoms with van der Waals surface area (Å²) in [6, 6.07) is 7.81. The molecule has 0 radical (unpaired) electrons. The van der Waals surface area contributed by atoms with E-state index in [9.17, 15) is 18.5 Å². The monoisotopic (exact) mass is 493 g/mol. The summed E-state index contributed by atoms with van der Waals surface area (Å²) in [5.41, 5.74) is 2.05. The van der Waals surface area contributed by atoms with Gasteiger partial charge in [-0.05, 0) is 40.5 Å². The van der Waals surface area contributed by atoms with Crippen LogP contribution in [0.4, 0.5) is 5.69 Å². The van der Waals surface area contributed by atoms with Crippen LogP contribution < -0.4 is 0 Å². The molecule has 0 aliphatic carbocycles. The topological polar surface area (TPSA) is 101 Å². The van der Waals surface area contributed by atoms with Gasteiger partial charge in [0.2, 0.25) is 10.0 Å². The molecule has 1 aliphatic heterocycles.